The summed E-state index contributed by atoms with van der Waals surface area (Å²) in [6.07, 6.45) is 7.51. The Balaban J connectivity index is 1.59. The fraction of sp³-hybridized carbons (Fsp3) is 0.600. The van der Waals surface area contributed by atoms with E-state index in [-0.39, 0.29) is 37.4 Å². The molecular formula is C35H51N5O7Sn. The number of nitrogens with one attached hydrogen (secondary N) is 1. The first kappa shape index (κ1) is 37.6. The SMILES string of the molecule is CCC[CH2][Sn]([CH2]CCC)([CH2]CCC)[c]1ccc(COc2nc(NC(C)=O)nc3c2ncn3[C@H]2C[C@H](OC(C)=O)[C@@H](COC(C)=O)O2)cc1. The van der Waals surface area contributed by atoms with Crippen molar-refractivity contribution in [3.05, 3.63) is 36.2 Å². The molecular weight excluding hydrogens is 721 g/mol. The number of carbonyl (C=O) groups excluding carboxylic acids is 3. The molecule has 0 bridgehead atoms. The van der Waals surface area contributed by atoms with Crippen molar-refractivity contribution in [3.8, 4) is 5.88 Å². The molecule has 262 valence electrons. The minimum atomic E-state index is -2.55. The van der Waals surface area contributed by atoms with Crippen LogP contribution < -0.4 is 13.6 Å². The number of amides is 1. The van der Waals surface area contributed by atoms with E-state index in [4.69, 9.17) is 18.9 Å². The van der Waals surface area contributed by atoms with Crippen molar-refractivity contribution in [3.63, 3.8) is 0 Å². The Bertz CT molecular complexity index is 1510. The van der Waals surface area contributed by atoms with Gasteiger partial charge in [-0.3, -0.25) is 9.59 Å². The third-order valence-corrected chi connectivity index (χ3v) is 24.6. The van der Waals surface area contributed by atoms with Crippen LogP contribution in [-0.4, -0.2) is 74.6 Å². The van der Waals surface area contributed by atoms with Crippen molar-refractivity contribution in [2.45, 2.75) is 125 Å². The number of hydrogen-bond donors (Lipinski definition) is 1. The second-order valence-corrected chi connectivity index (χ2v) is 26.0. The molecule has 0 unspecified atom stereocenters. The van der Waals surface area contributed by atoms with Crippen molar-refractivity contribution in [2.24, 2.45) is 0 Å². The van der Waals surface area contributed by atoms with Crippen LogP contribution in [0.15, 0.2) is 30.6 Å². The van der Waals surface area contributed by atoms with Gasteiger partial charge in [0.1, 0.15) is 18.8 Å². The van der Waals surface area contributed by atoms with Crippen LogP contribution in [0.1, 0.15) is 98.3 Å². The van der Waals surface area contributed by atoms with Crippen LogP contribution in [-0.2, 0) is 35.2 Å². The van der Waals surface area contributed by atoms with Gasteiger partial charge < -0.3 is 9.47 Å². The fourth-order valence-corrected chi connectivity index (χ4v) is 22.4. The molecule has 13 heteroatoms. The van der Waals surface area contributed by atoms with E-state index in [2.05, 4.69) is 65.3 Å². The molecule has 1 amide bonds. The van der Waals surface area contributed by atoms with Gasteiger partial charge in [0.25, 0.3) is 0 Å². The monoisotopic (exact) mass is 773 g/mol. The molecule has 12 nitrogen and oxygen atoms in total. The van der Waals surface area contributed by atoms with E-state index in [0.29, 0.717) is 11.2 Å². The van der Waals surface area contributed by atoms with Crippen molar-refractivity contribution in [2.75, 3.05) is 11.9 Å². The molecule has 0 spiro atoms. The Morgan fingerprint density at radius 3 is 2.15 bits per heavy atom. The number of imidazole rings is 1. The molecule has 4 rings (SSSR count). The zero-order valence-electron chi connectivity index (χ0n) is 29.3. The minimum absolute atomic E-state index is 0.0646. The van der Waals surface area contributed by atoms with E-state index < -0.39 is 48.8 Å². The maximum atomic E-state index is 12.0. The van der Waals surface area contributed by atoms with E-state index in [1.807, 2.05) is 0 Å². The Hall–Kier alpha value is -3.26. The maximum absolute atomic E-state index is 12.0. The number of nitrogens with zero attached hydrogens (tertiary/aromatic N) is 4. The van der Waals surface area contributed by atoms with E-state index in [0.717, 1.165) is 5.56 Å². The number of hydrogen-bond acceptors (Lipinski definition) is 10. The molecule has 0 aliphatic carbocycles. The molecule has 3 heterocycles. The first-order valence-electron chi connectivity index (χ1n) is 17.3. The van der Waals surface area contributed by atoms with Crippen LogP contribution in [0.5, 0.6) is 5.88 Å². The third kappa shape index (κ3) is 9.90. The average Bonchev–Trinajstić information content (AvgIpc) is 3.66. The molecule has 0 saturated carbocycles. The van der Waals surface area contributed by atoms with Crippen LogP contribution in [0, 0.1) is 0 Å². The fourth-order valence-electron chi connectivity index (χ4n) is 6.43. The molecule has 1 aliphatic heterocycles. The number of ether oxygens (including phenoxy) is 4. The first-order chi connectivity index (χ1) is 23.1. The van der Waals surface area contributed by atoms with E-state index >= 15 is 0 Å². The molecule has 1 aliphatic rings. The summed E-state index contributed by atoms with van der Waals surface area (Å²) < 4.78 is 30.6. The van der Waals surface area contributed by atoms with Gasteiger partial charge in [-0.2, -0.15) is 0 Å². The van der Waals surface area contributed by atoms with Crippen LogP contribution in [0.2, 0.25) is 13.3 Å². The number of esters is 2. The van der Waals surface area contributed by atoms with Crippen LogP contribution in [0.3, 0.4) is 0 Å². The van der Waals surface area contributed by atoms with Crippen molar-refractivity contribution in [1.29, 1.82) is 0 Å². The van der Waals surface area contributed by atoms with Crippen molar-refractivity contribution in [1.82, 2.24) is 19.5 Å². The second kappa shape index (κ2) is 17.9. The number of unbranched alkanes of at least 4 members (excludes halogenated alkanes) is 3. The second-order valence-electron chi connectivity index (χ2n) is 12.7. The Morgan fingerprint density at radius 1 is 0.938 bits per heavy atom. The average molecular weight is 773 g/mol. The number of benzene rings is 1. The van der Waals surface area contributed by atoms with E-state index in [9.17, 15) is 14.4 Å². The molecule has 1 saturated heterocycles. The number of fused-ring (bicyclic) bond motifs is 1. The zero-order chi connectivity index (χ0) is 34.7. The van der Waals surface area contributed by atoms with E-state index in [1.165, 1.54) is 72.6 Å². The predicted molar refractivity (Wildman–Crippen MR) is 186 cm³/mol. The molecule has 3 aromatic rings. The summed E-state index contributed by atoms with van der Waals surface area (Å²) in [5.41, 5.74) is 1.79. The Morgan fingerprint density at radius 2 is 1.58 bits per heavy atom. The molecule has 48 heavy (non-hydrogen) atoms. The number of aromatic nitrogens is 4. The van der Waals surface area contributed by atoms with Gasteiger partial charge in [-0.1, -0.05) is 0 Å². The van der Waals surface area contributed by atoms with Gasteiger partial charge in [0.2, 0.25) is 0 Å². The summed E-state index contributed by atoms with van der Waals surface area (Å²) >= 11 is -2.55. The summed E-state index contributed by atoms with van der Waals surface area (Å²) in [5.74, 6) is -0.981. The van der Waals surface area contributed by atoms with Crippen LogP contribution >= 0.6 is 0 Å². The molecule has 0 radical (unpaired) electrons. The third-order valence-electron chi connectivity index (χ3n) is 8.90. The van der Waals surface area contributed by atoms with Gasteiger partial charge in [-0.05, 0) is 0 Å². The van der Waals surface area contributed by atoms with Gasteiger partial charge in [0, 0.05) is 13.8 Å². The topological polar surface area (TPSA) is 144 Å². The predicted octanol–water partition coefficient (Wildman–Crippen LogP) is 6.20. The number of anilines is 1. The van der Waals surface area contributed by atoms with Crippen molar-refractivity contribution < 1.29 is 33.3 Å². The van der Waals surface area contributed by atoms with E-state index in [1.54, 1.807) is 14.5 Å². The number of rotatable bonds is 18. The molecule has 1 aromatic carbocycles. The van der Waals surface area contributed by atoms with Gasteiger partial charge in [-0.25, -0.2) is 0 Å². The van der Waals surface area contributed by atoms with Crippen LogP contribution in [0.4, 0.5) is 5.95 Å². The normalized spacial score (nSPS) is 17.8. The molecule has 1 N–H and O–H groups in total. The van der Waals surface area contributed by atoms with Crippen LogP contribution in [0.25, 0.3) is 11.2 Å². The first-order valence-corrected chi connectivity index (χ1v) is 24.8. The molecule has 3 atom stereocenters. The van der Waals surface area contributed by atoms with Crippen molar-refractivity contribution >= 4 is 56.9 Å². The van der Waals surface area contributed by atoms with Gasteiger partial charge in [-0.15, -0.1) is 0 Å². The standard InChI is InChI=1S/C23H24N5O7.3C4H9.Sn/c1-13(29)25-23-26-21-20(22(27-23)33-10-16-7-5-4-6-8-16)24-12-28(21)19-9-17(34-15(3)31)18(35-19)11-32-14(2)30;3*1-3-4-2;/h5-8,12,17-19H,9-11H2,1-3H3,(H,25,26,27,29);3*1,3-4H2,2H3;/t17-,18+,19+;;;;/m0..../s1. The van der Waals surface area contributed by atoms with Gasteiger partial charge in [0.05, 0.1) is 0 Å². The summed E-state index contributed by atoms with van der Waals surface area (Å²) in [5, 5.41) is 2.65. The number of carbonyl (C=O) groups is 3. The molecule has 1 fully saturated rings. The summed E-state index contributed by atoms with van der Waals surface area (Å²) in [6, 6.07) is 9.07. The quantitative estimate of drug-likeness (QED) is 0.117. The summed E-state index contributed by atoms with van der Waals surface area (Å²) in [4.78, 5) is 48.8. The zero-order valence-corrected chi connectivity index (χ0v) is 32.1. The van der Waals surface area contributed by atoms with Gasteiger partial charge in [0.15, 0.2) is 0 Å². The summed E-state index contributed by atoms with van der Waals surface area (Å²) in [7, 11) is 0. The Kier molecular flexibility index (Phi) is 14.0. The molecule has 2 aromatic heterocycles. The Labute approximate surface area is 287 Å². The van der Waals surface area contributed by atoms with Gasteiger partial charge >= 0.3 is 237 Å². The summed E-state index contributed by atoms with van der Waals surface area (Å²) in [6.45, 7) is 11.1.